The number of aromatic nitrogens is 2. The van der Waals surface area contributed by atoms with E-state index in [0.717, 1.165) is 35.7 Å². The predicted octanol–water partition coefficient (Wildman–Crippen LogP) is 5.74. The lowest BCUT2D eigenvalue weighted by Crippen LogP contribution is -2.59. The first-order chi connectivity index (χ1) is 17.2. The second-order valence-electron chi connectivity index (χ2n) is 10.8. The van der Waals surface area contributed by atoms with Crippen LogP contribution in [-0.2, 0) is 11.8 Å². The van der Waals surface area contributed by atoms with Crippen molar-refractivity contribution in [2.45, 2.75) is 50.0 Å². The zero-order valence-electron chi connectivity index (χ0n) is 20.3. The molecule has 2 fully saturated rings. The van der Waals surface area contributed by atoms with Crippen LogP contribution < -0.4 is 5.56 Å². The number of para-hydroxylation sites is 1. The zero-order chi connectivity index (χ0) is 23.6. The fraction of sp³-hybridized carbons (Fsp3) is 0.355. The standard InChI is InChI=1S/C31H31N3O/c1-33-18-17-31-16-8-7-12-25(31)28(33)19-22-14-15-23(20-26(22)31)34-29(21-9-3-2-4-10-21)32-27-13-6-5-11-24(27)30(34)35/h2-6,9-11,13-15,20,25,28H,7-8,12,16-19H2,1H3/t25?,28-,31+/m1/s1. The van der Waals surface area contributed by atoms with E-state index < -0.39 is 0 Å². The van der Waals surface area contributed by atoms with Crippen molar-refractivity contribution in [2.24, 2.45) is 5.92 Å². The van der Waals surface area contributed by atoms with Crippen LogP contribution in [0.25, 0.3) is 28.0 Å². The van der Waals surface area contributed by atoms with Crippen molar-refractivity contribution in [3.8, 4) is 17.1 Å². The second-order valence-corrected chi connectivity index (χ2v) is 10.8. The molecule has 1 aliphatic heterocycles. The van der Waals surface area contributed by atoms with Crippen molar-refractivity contribution in [2.75, 3.05) is 13.6 Å². The van der Waals surface area contributed by atoms with E-state index in [1.807, 2.05) is 59.2 Å². The maximum Gasteiger partial charge on any atom is 0.266 e. The van der Waals surface area contributed by atoms with Crippen LogP contribution in [0.1, 0.15) is 43.2 Å². The summed E-state index contributed by atoms with van der Waals surface area (Å²) >= 11 is 0. The average Bonchev–Trinajstić information content (AvgIpc) is 2.91. The number of fused-ring (bicyclic) bond motifs is 2. The van der Waals surface area contributed by atoms with Crippen LogP contribution in [-0.4, -0.2) is 34.1 Å². The lowest BCUT2D eigenvalue weighted by Gasteiger charge is -2.58. The molecule has 4 nitrogen and oxygen atoms in total. The highest BCUT2D eigenvalue weighted by Crippen LogP contribution is 2.55. The molecule has 0 spiro atoms. The number of rotatable bonds is 2. The van der Waals surface area contributed by atoms with E-state index in [1.54, 1.807) is 0 Å². The molecule has 0 N–H and O–H groups in total. The molecule has 2 aliphatic carbocycles. The van der Waals surface area contributed by atoms with Crippen molar-refractivity contribution >= 4 is 10.9 Å². The summed E-state index contributed by atoms with van der Waals surface area (Å²) in [6, 6.07) is 25.3. The highest BCUT2D eigenvalue weighted by Gasteiger charge is 2.53. The Kier molecular flexibility index (Phi) is 4.75. The van der Waals surface area contributed by atoms with Crippen LogP contribution in [0.4, 0.5) is 0 Å². The molecule has 35 heavy (non-hydrogen) atoms. The highest BCUT2D eigenvalue weighted by molar-refractivity contribution is 5.80. The van der Waals surface area contributed by atoms with Gasteiger partial charge in [-0.1, -0.05) is 61.4 Å². The Bertz CT molecular complexity index is 1490. The molecule has 1 unspecified atom stereocenters. The number of benzene rings is 3. The average molecular weight is 462 g/mol. The Balaban J connectivity index is 1.48. The quantitative estimate of drug-likeness (QED) is 0.382. The fourth-order valence-corrected chi connectivity index (χ4v) is 7.48. The topological polar surface area (TPSA) is 38.1 Å². The molecule has 1 aromatic heterocycles. The summed E-state index contributed by atoms with van der Waals surface area (Å²) in [6.07, 6.45) is 7.59. The van der Waals surface area contributed by atoms with E-state index >= 15 is 0 Å². The zero-order valence-corrected chi connectivity index (χ0v) is 20.3. The molecule has 3 atom stereocenters. The van der Waals surface area contributed by atoms with Gasteiger partial charge in [-0.15, -0.1) is 0 Å². The van der Waals surface area contributed by atoms with Gasteiger partial charge in [-0.25, -0.2) is 4.98 Å². The lowest BCUT2D eigenvalue weighted by atomic mass is 9.52. The van der Waals surface area contributed by atoms with Gasteiger partial charge in [0.15, 0.2) is 0 Å². The van der Waals surface area contributed by atoms with Gasteiger partial charge in [0, 0.05) is 17.0 Å². The van der Waals surface area contributed by atoms with Crippen molar-refractivity contribution in [1.29, 1.82) is 0 Å². The number of likely N-dealkylation sites (tertiary alicyclic amines) is 1. The number of nitrogens with zero attached hydrogens (tertiary/aromatic N) is 3. The Labute approximate surface area is 206 Å². The third-order valence-electron chi connectivity index (χ3n) is 9.16. The Morgan fingerprint density at radius 1 is 0.943 bits per heavy atom. The Hall–Kier alpha value is -3.24. The minimum Gasteiger partial charge on any atom is -0.303 e. The Morgan fingerprint density at radius 3 is 2.66 bits per heavy atom. The third-order valence-corrected chi connectivity index (χ3v) is 9.16. The molecule has 0 amide bonds. The van der Waals surface area contributed by atoms with E-state index in [4.69, 9.17) is 4.98 Å². The fourth-order valence-electron chi connectivity index (χ4n) is 7.48. The van der Waals surface area contributed by atoms with Crippen LogP contribution in [0.3, 0.4) is 0 Å². The highest BCUT2D eigenvalue weighted by atomic mass is 16.1. The van der Waals surface area contributed by atoms with E-state index in [-0.39, 0.29) is 11.0 Å². The van der Waals surface area contributed by atoms with E-state index in [2.05, 4.69) is 30.1 Å². The monoisotopic (exact) mass is 461 g/mol. The van der Waals surface area contributed by atoms with E-state index in [0.29, 0.717) is 17.3 Å². The van der Waals surface area contributed by atoms with Crippen molar-refractivity contribution in [3.05, 3.63) is 94.3 Å². The summed E-state index contributed by atoms with van der Waals surface area (Å²) < 4.78 is 1.85. The maximum absolute atomic E-state index is 13.9. The Morgan fingerprint density at radius 2 is 1.77 bits per heavy atom. The van der Waals surface area contributed by atoms with Gasteiger partial charge in [0.2, 0.25) is 0 Å². The van der Waals surface area contributed by atoms with Crippen molar-refractivity contribution in [1.82, 2.24) is 14.5 Å². The molecule has 4 heteroatoms. The largest absolute Gasteiger partial charge is 0.303 e. The normalized spacial score (nSPS) is 25.7. The van der Waals surface area contributed by atoms with Gasteiger partial charge >= 0.3 is 0 Å². The molecule has 176 valence electrons. The molecule has 0 radical (unpaired) electrons. The number of hydrogen-bond donors (Lipinski definition) is 0. The van der Waals surface area contributed by atoms with E-state index in [1.165, 1.54) is 43.2 Å². The molecule has 2 bridgehead atoms. The third kappa shape index (κ3) is 3.09. The summed E-state index contributed by atoms with van der Waals surface area (Å²) in [5.74, 6) is 1.43. The minimum absolute atomic E-state index is 0.00385. The van der Waals surface area contributed by atoms with Crippen molar-refractivity contribution < 1.29 is 0 Å². The smallest absolute Gasteiger partial charge is 0.266 e. The number of likely N-dealkylation sites (N-methyl/N-ethyl adjacent to an activating group) is 1. The van der Waals surface area contributed by atoms with Gasteiger partial charge < -0.3 is 4.90 Å². The molecule has 4 aromatic rings. The summed E-state index contributed by atoms with van der Waals surface area (Å²) in [7, 11) is 2.31. The summed E-state index contributed by atoms with van der Waals surface area (Å²) in [6.45, 7) is 1.16. The first-order valence-corrected chi connectivity index (χ1v) is 13.1. The molecule has 3 aliphatic rings. The van der Waals surface area contributed by atoms with Crippen LogP contribution in [0.5, 0.6) is 0 Å². The first-order valence-electron chi connectivity index (χ1n) is 13.1. The summed E-state index contributed by atoms with van der Waals surface area (Å²) in [4.78, 5) is 21.6. The summed E-state index contributed by atoms with van der Waals surface area (Å²) in [5.41, 5.74) is 5.89. The summed E-state index contributed by atoms with van der Waals surface area (Å²) in [5, 5.41) is 0.665. The van der Waals surface area contributed by atoms with Gasteiger partial charge in [-0.2, -0.15) is 0 Å². The van der Waals surface area contributed by atoms with Crippen LogP contribution in [0, 0.1) is 5.92 Å². The molecule has 3 aromatic carbocycles. The predicted molar refractivity (Wildman–Crippen MR) is 141 cm³/mol. The lowest BCUT2D eigenvalue weighted by molar-refractivity contribution is 0.00286. The van der Waals surface area contributed by atoms with Crippen molar-refractivity contribution in [3.63, 3.8) is 0 Å². The molecular weight excluding hydrogens is 430 g/mol. The molecule has 1 saturated heterocycles. The SMILES string of the molecule is CN1CC[C@@]23CCCCC2[C@H]1Cc1ccc(-n2c(-c4ccccc4)nc4ccccc4c2=O)cc13. The van der Waals surface area contributed by atoms with Gasteiger partial charge in [0.25, 0.3) is 5.56 Å². The van der Waals surface area contributed by atoms with Crippen LogP contribution in [0.2, 0.25) is 0 Å². The van der Waals surface area contributed by atoms with Gasteiger partial charge in [0.1, 0.15) is 5.82 Å². The first kappa shape index (κ1) is 21.1. The number of hydrogen-bond acceptors (Lipinski definition) is 3. The van der Waals surface area contributed by atoms with Crippen LogP contribution in [0.15, 0.2) is 77.6 Å². The molecule has 7 rings (SSSR count). The molecular formula is C31H31N3O. The van der Waals surface area contributed by atoms with Gasteiger partial charge in [-0.05, 0) is 80.6 Å². The molecule has 2 heterocycles. The van der Waals surface area contributed by atoms with E-state index in [9.17, 15) is 4.79 Å². The molecule has 1 saturated carbocycles. The van der Waals surface area contributed by atoms with Gasteiger partial charge in [0.05, 0.1) is 16.6 Å². The van der Waals surface area contributed by atoms with Gasteiger partial charge in [-0.3, -0.25) is 9.36 Å². The minimum atomic E-state index is 0.00385. The number of piperidine rings is 1. The van der Waals surface area contributed by atoms with Crippen LogP contribution >= 0.6 is 0 Å². The maximum atomic E-state index is 13.9. The second kappa shape index (κ2) is 7.89.